The molecule has 1 aromatic rings. The molecule has 1 heterocycles. The number of nitrogens with two attached hydrogens (primary N) is 1. The maximum Gasteiger partial charge on any atom is 0.323 e. The zero-order valence-corrected chi connectivity index (χ0v) is 9.93. The van der Waals surface area contributed by atoms with Crippen LogP contribution in [0, 0.1) is 0 Å². The van der Waals surface area contributed by atoms with Crippen molar-refractivity contribution in [2.45, 2.75) is 19.4 Å². The average molecular weight is 236 g/mol. The van der Waals surface area contributed by atoms with Gasteiger partial charge in [0.15, 0.2) is 0 Å². The number of fused-ring (bicyclic) bond motifs is 1. The molecule has 2 rings (SSSR count). The van der Waals surface area contributed by atoms with Crippen LogP contribution in [0.25, 0.3) is 0 Å². The number of aliphatic carboxylic acids is 1. The van der Waals surface area contributed by atoms with Crippen LogP contribution in [0.4, 0.5) is 11.4 Å². The second-order valence-corrected chi connectivity index (χ2v) is 4.81. The van der Waals surface area contributed by atoms with Crippen LogP contribution < -0.4 is 15.4 Å². The number of nitrogen functional groups attached to an aromatic ring is 1. The highest BCUT2D eigenvalue weighted by Crippen LogP contribution is 2.40. The molecule has 17 heavy (non-hydrogen) atoms. The second kappa shape index (κ2) is 3.84. The summed E-state index contributed by atoms with van der Waals surface area (Å²) in [5, 5.41) is 8.93. The fourth-order valence-electron chi connectivity index (χ4n) is 2.13. The summed E-state index contributed by atoms with van der Waals surface area (Å²) in [6.07, 6.45) is 0. The first-order chi connectivity index (χ1) is 7.89. The van der Waals surface area contributed by atoms with Crippen LogP contribution in [0.2, 0.25) is 0 Å². The molecule has 92 valence electrons. The zero-order chi connectivity index (χ0) is 12.6. The highest BCUT2D eigenvalue weighted by Gasteiger charge is 2.33. The van der Waals surface area contributed by atoms with Crippen molar-refractivity contribution in [3.05, 3.63) is 18.2 Å². The summed E-state index contributed by atoms with van der Waals surface area (Å²) >= 11 is 0. The molecule has 5 nitrogen and oxygen atoms in total. The number of carboxylic acid groups (broad SMARTS) is 1. The number of anilines is 2. The van der Waals surface area contributed by atoms with Crippen LogP contribution >= 0.6 is 0 Å². The minimum atomic E-state index is -0.878. The molecular formula is C12H16N2O3. The Balaban J connectivity index is 2.44. The molecule has 0 amide bonds. The molecule has 0 atom stereocenters. The largest absolute Gasteiger partial charge is 0.484 e. The first-order valence-corrected chi connectivity index (χ1v) is 5.43. The molecule has 0 unspecified atom stereocenters. The van der Waals surface area contributed by atoms with Crippen molar-refractivity contribution in [2.75, 3.05) is 23.7 Å². The summed E-state index contributed by atoms with van der Waals surface area (Å²) in [4.78, 5) is 12.6. The molecule has 1 aliphatic heterocycles. The van der Waals surface area contributed by atoms with Crippen molar-refractivity contribution in [1.82, 2.24) is 0 Å². The van der Waals surface area contributed by atoms with Gasteiger partial charge in [-0.25, -0.2) is 0 Å². The Labute approximate surface area is 99.8 Å². The Kier molecular flexibility index (Phi) is 2.61. The van der Waals surface area contributed by atoms with Crippen LogP contribution in [0.3, 0.4) is 0 Å². The number of carboxylic acids is 1. The molecule has 1 aliphatic rings. The van der Waals surface area contributed by atoms with Gasteiger partial charge >= 0.3 is 5.97 Å². The maximum absolute atomic E-state index is 10.9. The standard InChI is InChI=1S/C12H16N2O3/c1-12(2)7-14(6-10(15)16)11-8(13)4-3-5-9(11)17-12/h3-5H,6-7,13H2,1-2H3,(H,15,16). The van der Waals surface area contributed by atoms with Crippen LogP contribution in [-0.2, 0) is 4.79 Å². The Bertz CT molecular complexity index is 457. The van der Waals surface area contributed by atoms with E-state index in [2.05, 4.69) is 0 Å². The number of benzene rings is 1. The minimum Gasteiger partial charge on any atom is -0.484 e. The molecule has 0 bridgehead atoms. The van der Waals surface area contributed by atoms with Gasteiger partial charge in [0.1, 0.15) is 23.6 Å². The van der Waals surface area contributed by atoms with E-state index in [0.717, 1.165) is 0 Å². The lowest BCUT2D eigenvalue weighted by atomic mass is 10.0. The van der Waals surface area contributed by atoms with Gasteiger partial charge in [-0.15, -0.1) is 0 Å². The van der Waals surface area contributed by atoms with Gasteiger partial charge in [-0.05, 0) is 26.0 Å². The summed E-state index contributed by atoms with van der Waals surface area (Å²) < 4.78 is 5.80. The number of para-hydroxylation sites is 1. The highest BCUT2D eigenvalue weighted by atomic mass is 16.5. The molecule has 0 saturated heterocycles. The normalized spacial score (nSPS) is 17.2. The van der Waals surface area contributed by atoms with E-state index in [0.29, 0.717) is 23.7 Å². The van der Waals surface area contributed by atoms with Crippen LogP contribution in [-0.4, -0.2) is 29.8 Å². The van der Waals surface area contributed by atoms with Gasteiger partial charge in [-0.2, -0.15) is 0 Å². The molecule has 0 aliphatic carbocycles. The topological polar surface area (TPSA) is 75.8 Å². The zero-order valence-electron chi connectivity index (χ0n) is 9.93. The molecular weight excluding hydrogens is 220 g/mol. The van der Waals surface area contributed by atoms with Crippen LogP contribution in [0.5, 0.6) is 5.75 Å². The lowest BCUT2D eigenvalue weighted by Crippen LogP contribution is -2.48. The quantitative estimate of drug-likeness (QED) is 0.758. The molecule has 0 fully saturated rings. The second-order valence-electron chi connectivity index (χ2n) is 4.81. The molecule has 0 spiro atoms. The van der Waals surface area contributed by atoms with E-state index in [-0.39, 0.29) is 6.54 Å². The summed E-state index contributed by atoms with van der Waals surface area (Å²) in [6, 6.07) is 5.35. The van der Waals surface area contributed by atoms with Crippen molar-refractivity contribution in [1.29, 1.82) is 0 Å². The third-order valence-electron chi connectivity index (χ3n) is 2.63. The number of rotatable bonds is 2. The van der Waals surface area contributed by atoms with Gasteiger partial charge in [-0.3, -0.25) is 4.79 Å². The smallest absolute Gasteiger partial charge is 0.323 e. The van der Waals surface area contributed by atoms with Gasteiger partial charge in [0.05, 0.1) is 12.2 Å². The predicted octanol–water partition coefficient (Wildman–Crippen LogP) is 1.33. The Morgan fingerprint density at radius 2 is 2.29 bits per heavy atom. The molecule has 0 saturated carbocycles. The van der Waals surface area contributed by atoms with Crippen molar-refractivity contribution >= 4 is 17.3 Å². The van der Waals surface area contributed by atoms with E-state index in [4.69, 9.17) is 15.6 Å². The molecule has 0 aromatic heterocycles. The highest BCUT2D eigenvalue weighted by molar-refractivity contribution is 5.81. The van der Waals surface area contributed by atoms with Gasteiger partial charge in [0.2, 0.25) is 0 Å². The van der Waals surface area contributed by atoms with Crippen molar-refractivity contribution < 1.29 is 14.6 Å². The average Bonchev–Trinajstić information content (AvgIpc) is 2.13. The Morgan fingerprint density at radius 3 is 2.94 bits per heavy atom. The summed E-state index contributed by atoms with van der Waals surface area (Å²) in [6.45, 7) is 4.27. The number of nitrogens with zero attached hydrogens (tertiary/aromatic N) is 1. The first-order valence-electron chi connectivity index (χ1n) is 5.43. The lowest BCUT2D eigenvalue weighted by Gasteiger charge is -2.40. The fraction of sp³-hybridized carbons (Fsp3) is 0.417. The third-order valence-corrected chi connectivity index (χ3v) is 2.63. The number of carbonyl (C=O) groups is 1. The number of hydrogen-bond acceptors (Lipinski definition) is 4. The van der Waals surface area contributed by atoms with Gasteiger partial charge in [0, 0.05) is 0 Å². The van der Waals surface area contributed by atoms with E-state index in [1.165, 1.54) is 0 Å². The van der Waals surface area contributed by atoms with Crippen molar-refractivity contribution in [2.24, 2.45) is 0 Å². The lowest BCUT2D eigenvalue weighted by molar-refractivity contribution is -0.135. The van der Waals surface area contributed by atoms with E-state index in [9.17, 15) is 4.79 Å². The van der Waals surface area contributed by atoms with Gasteiger partial charge in [0.25, 0.3) is 0 Å². The van der Waals surface area contributed by atoms with Gasteiger partial charge < -0.3 is 20.5 Å². The molecule has 1 aromatic carbocycles. The van der Waals surface area contributed by atoms with Gasteiger partial charge in [-0.1, -0.05) is 6.07 Å². The maximum atomic E-state index is 10.9. The Hall–Kier alpha value is -1.91. The SMILES string of the molecule is CC1(C)CN(CC(=O)O)c2c(N)cccc2O1. The Morgan fingerprint density at radius 1 is 1.59 bits per heavy atom. The summed E-state index contributed by atoms with van der Waals surface area (Å²) in [7, 11) is 0. The summed E-state index contributed by atoms with van der Waals surface area (Å²) in [5.41, 5.74) is 6.68. The van der Waals surface area contributed by atoms with Crippen molar-refractivity contribution in [3.63, 3.8) is 0 Å². The van der Waals surface area contributed by atoms with Crippen LogP contribution in [0.1, 0.15) is 13.8 Å². The summed E-state index contributed by atoms with van der Waals surface area (Å²) in [5.74, 6) is -0.237. The first kappa shape index (κ1) is 11.6. The molecule has 3 N–H and O–H groups in total. The molecule has 5 heteroatoms. The van der Waals surface area contributed by atoms with Crippen molar-refractivity contribution in [3.8, 4) is 5.75 Å². The number of hydrogen-bond donors (Lipinski definition) is 2. The monoisotopic (exact) mass is 236 g/mol. The third kappa shape index (κ3) is 2.27. The van der Waals surface area contributed by atoms with E-state index in [1.54, 1.807) is 23.1 Å². The predicted molar refractivity (Wildman–Crippen MR) is 65.4 cm³/mol. The minimum absolute atomic E-state index is 0.0754. The van der Waals surface area contributed by atoms with E-state index < -0.39 is 11.6 Å². The molecule has 0 radical (unpaired) electrons. The van der Waals surface area contributed by atoms with E-state index >= 15 is 0 Å². The van der Waals surface area contributed by atoms with Crippen LogP contribution in [0.15, 0.2) is 18.2 Å². The van der Waals surface area contributed by atoms with E-state index in [1.807, 2.05) is 13.8 Å². The fourth-order valence-corrected chi connectivity index (χ4v) is 2.13. The number of ether oxygens (including phenoxy) is 1.